The van der Waals surface area contributed by atoms with Gasteiger partial charge < -0.3 is 9.80 Å². The molecule has 2 rings (SSSR count). The molecule has 68 valence electrons. The molecule has 0 N–H and O–H groups in total. The standard InChI is InChI=1S/C9H16N2S/c12-9(10-5-1-2-6-10)11-7-3-4-8-11/h1-8H2. The number of rotatable bonds is 0. The molecular formula is C9H16N2S. The minimum absolute atomic E-state index is 1.12. The molecule has 0 spiro atoms. The lowest BCUT2D eigenvalue weighted by molar-refractivity contribution is 0.409. The number of likely N-dealkylation sites (tertiary alicyclic amines) is 2. The van der Waals surface area contributed by atoms with Crippen molar-refractivity contribution in [1.29, 1.82) is 0 Å². The van der Waals surface area contributed by atoms with E-state index in [1.807, 2.05) is 0 Å². The van der Waals surface area contributed by atoms with Gasteiger partial charge in [-0.15, -0.1) is 0 Å². The summed E-state index contributed by atoms with van der Waals surface area (Å²) in [5.74, 6) is 0. The molecule has 12 heavy (non-hydrogen) atoms. The summed E-state index contributed by atoms with van der Waals surface area (Å²) in [5, 5.41) is 1.12. The third kappa shape index (κ3) is 1.56. The van der Waals surface area contributed by atoms with Crippen LogP contribution in [0.5, 0.6) is 0 Å². The van der Waals surface area contributed by atoms with Gasteiger partial charge in [-0.3, -0.25) is 0 Å². The molecule has 2 saturated heterocycles. The Kier molecular flexibility index (Phi) is 2.49. The first-order valence-electron chi connectivity index (χ1n) is 4.92. The monoisotopic (exact) mass is 184 g/mol. The van der Waals surface area contributed by atoms with E-state index in [-0.39, 0.29) is 0 Å². The van der Waals surface area contributed by atoms with Gasteiger partial charge in [0, 0.05) is 26.2 Å². The summed E-state index contributed by atoms with van der Waals surface area (Å²) in [6.07, 6.45) is 5.31. The van der Waals surface area contributed by atoms with Crippen LogP contribution in [0.4, 0.5) is 0 Å². The molecule has 2 heterocycles. The minimum Gasteiger partial charge on any atom is -0.349 e. The van der Waals surface area contributed by atoms with Gasteiger partial charge in [-0.05, 0) is 37.9 Å². The van der Waals surface area contributed by atoms with Crippen molar-refractivity contribution in [3.63, 3.8) is 0 Å². The summed E-state index contributed by atoms with van der Waals surface area (Å²) in [6, 6.07) is 0. The fourth-order valence-corrected chi connectivity index (χ4v) is 2.38. The highest BCUT2D eigenvalue weighted by atomic mass is 32.1. The number of thiocarbonyl (C=S) groups is 1. The average molecular weight is 184 g/mol. The van der Waals surface area contributed by atoms with E-state index < -0.39 is 0 Å². The molecule has 0 radical (unpaired) electrons. The average Bonchev–Trinajstić information content (AvgIpc) is 2.77. The van der Waals surface area contributed by atoms with Gasteiger partial charge in [0.1, 0.15) is 0 Å². The second-order valence-electron chi connectivity index (χ2n) is 3.67. The molecule has 0 aromatic carbocycles. The maximum absolute atomic E-state index is 5.43. The molecule has 0 bridgehead atoms. The lowest BCUT2D eigenvalue weighted by Crippen LogP contribution is -2.39. The second-order valence-corrected chi connectivity index (χ2v) is 4.04. The van der Waals surface area contributed by atoms with E-state index >= 15 is 0 Å². The van der Waals surface area contributed by atoms with Crippen molar-refractivity contribution < 1.29 is 0 Å². The van der Waals surface area contributed by atoms with Gasteiger partial charge in [-0.2, -0.15) is 0 Å². The van der Waals surface area contributed by atoms with Crippen molar-refractivity contribution in [2.75, 3.05) is 26.2 Å². The van der Waals surface area contributed by atoms with Crippen molar-refractivity contribution in [2.45, 2.75) is 25.7 Å². The lowest BCUT2D eigenvalue weighted by atomic mass is 10.4. The van der Waals surface area contributed by atoms with Crippen LogP contribution in [0.2, 0.25) is 0 Å². The molecule has 3 heteroatoms. The quantitative estimate of drug-likeness (QED) is 0.526. The van der Waals surface area contributed by atoms with Crippen LogP contribution in [-0.4, -0.2) is 41.1 Å². The van der Waals surface area contributed by atoms with Crippen LogP contribution in [-0.2, 0) is 0 Å². The fraction of sp³-hybridized carbons (Fsp3) is 0.889. The Morgan fingerprint density at radius 1 is 0.750 bits per heavy atom. The summed E-state index contributed by atoms with van der Waals surface area (Å²) in [7, 11) is 0. The summed E-state index contributed by atoms with van der Waals surface area (Å²) in [5.41, 5.74) is 0. The maximum Gasteiger partial charge on any atom is 0.171 e. The fourth-order valence-electron chi connectivity index (χ4n) is 2.02. The van der Waals surface area contributed by atoms with E-state index in [2.05, 4.69) is 9.80 Å². The summed E-state index contributed by atoms with van der Waals surface area (Å²) in [4.78, 5) is 4.72. The van der Waals surface area contributed by atoms with E-state index in [0.717, 1.165) is 5.11 Å². The van der Waals surface area contributed by atoms with Gasteiger partial charge in [0.25, 0.3) is 0 Å². The Hall–Kier alpha value is -0.310. The molecule has 0 aromatic rings. The highest BCUT2D eigenvalue weighted by Gasteiger charge is 2.21. The van der Waals surface area contributed by atoms with Crippen LogP contribution in [0.1, 0.15) is 25.7 Å². The summed E-state index contributed by atoms with van der Waals surface area (Å²) in [6.45, 7) is 4.76. The zero-order valence-corrected chi connectivity index (χ0v) is 8.28. The van der Waals surface area contributed by atoms with E-state index in [4.69, 9.17) is 12.2 Å². The van der Waals surface area contributed by atoms with Gasteiger partial charge in [0.15, 0.2) is 5.11 Å². The van der Waals surface area contributed by atoms with Crippen LogP contribution in [0.3, 0.4) is 0 Å². The molecule has 0 unspecified atom stereocenters. The van der Waals surface area contributed by atoms with E-state index in [1.165, 1.54) is 51.9 Å². The molecule has 0 aliphatic carbocycles. The highest BCUT2D eigenvalue weighted by Crippen LogP contribution is 2.15. The molecule has 2 nitrogen and oxygen atoms in total. The first kappa shape index (κ1) is 8.30. The largest absolute Gasteiger partial charge is 0.349 e. The Bertz CT molecular complexity index is 151. The van der Waals surface area contributed by atoms with Crippen LogP contribution in [0, 0.1) is 0 Å². The lowest BCUT2D eigenvalue weighted by Gasteiger charge is -2.26. The Morgan fingerprint density at radius 3 is 1.42 bits per heavy atom. The predicted molar refractivity (Wildman–Crippen MR) is 54.2 cm³/mol. The molecule has 0 aromatic heterocycles. The van der Waals surface area contributed by atoms with Crippen molar-refractivity contribution in [1.82, 2.24) is 9.80 Å². The van der Waals surface area contributed by atoms with Gasteiger partial charge >= 0.3 is 0 Å². The molecular weight excluding hydrogens is 168 g/mol. The maximum atomic E-state index is 5.43. The molecule has 0 atom stereocenters. The van der Waals surface area contributed by atoms with Gasteiger partial charge in [0.05, 0.1) is 0 Å². The second kappa shape index (κ2) is 3.60. The Labute approximate surface area is 79.5 Å². The van der Waals surface area contributed by atoms with Crippen LogP contribution in [0.25, 0.3) is 0 Å². The van der Waals surface area contributed by atoms with Crippen LogP contribution < -0.4 is 0 Å². The molecule has 2 aliphatic rings. The zero-order chi connectivity index (χ0) is 8.39. The summed E-state index contributed by atoms with van der Waals surface area (Å²) >= 11 is 5.43. The van der Waals surface area contributed by atoms with E-state index in [9.17, 15) is 0 Å². The zero-order valence-electron chi connectivity index (χ0n) is 7.46. The van der Waals surface area contributed by atoms with E-state index in [0.29, 0.717) is 0 Å². The Morgan fingerprint density at radius 2 is 1.08 bits per heavy atom. The Balaban J connectivity index is 1.89. The first-order chi connectivity index (χ1) is 5.88. The van der Waals surface area contributed by atoms with Crippen LogP contribution >= 0.6 is 12.2 Å². The normalized spacial score (nSPS) is 23.7. The summed E-state index contributed by atoms with van der Waals surface area (Å²) < 4.78 is 0. The molecule has 0 amide bonds. The van der Waals surface area contributed by atoms with Crippen molar-refractivity contribution in [3.05, 3.63) is 0 Å². The van der Waals surface area contributed by atoms with Gasteiger partial charge in [-0.25, -0.2) is 0 Å². The van der Waals surface area contributed by atoms with Gasteiger partial charge in [0.2, 0.25) is 0 Å². The molecule has 0 saturated carbocycles. The number of nitrogens with zero attached hydrogens (tertiary/aromatic N) is 2. The van der Waals surface area contributed by atoms with Crippen molar-refractivity contribution in [2.24, 2.45) is 0 Å². The third-order valence-corrected chi connectivity index (χ3v) is 3.27. The number of hydrogen-bond donors (Lipinski definition) is 0. The molecule has 2 aliphatic heterocycles. The number of hydrogen-bond acceptors (Lipinski definition) is 1. The minimum atomic E-state index is 1.12. The first-order valence-corrected chi connectivity index (χ1v) is 5.32. The van der Waals surface area contributed by atoms with E-state index in [1.54, 1.807) is 0 Å². The van der Waals surface area contributed by atoms with Crippen LogP contribution in [0.15, 0.2) is 0 Å². The topological polar surface area (TPSA) is 6.48 Å². The van der Waals surface area contributed by atoms with Crippen molar-refractivity contribution in [3.8, 4) is 0 Å². The molecule has 2 fully saturated rings. The SMILES string of the molecule is S=C(N1CCCC1)N1CCCC1. The highest BCUT2D eigenvalue weighted by molar-refractivity contribution is 7.80. The predicted octanol–water partition coefficient (Wildman–Crippen LogP) is 1.46. The van der Waals surface area contributed by atoms with Gasteiger partial charge in [-0.1, -0.05) is 0 Å². The van der Waals surface area contributed by atoms with Crippen molar-refractivity contribution >= 4 is 17.3 Å². The smallest absolute Gasteiger partial charge is 0.171 e. The third-order valence-electron chi connectivity index (χ3n) is 2.75.